The molecule has 0 saturated heterocycles. The number of hydrogen-bond acceptors (Lipinski definition) is 2. The molecule has 0 aliphatic rings. The van der Waals surface area contributed by atoms with Crippen LogP contribution in [0.2, 0.25) is 0 Å². The number of benzene rings is 2. The summed E-state index contributed by atoms with van der Waals surface area (Å²) in [7, 11) is 0. The van der Waals surface area contributed by atoms with E-state index in [9.17, 15) is 0 Å². The van der Waals surface area contributed by atoms with E-state index in [4.69, 9.17) is 0 Å². The summed E-state index contributed by atoms with van der Waals surface area (Å²) in [6, 6.07) is 20.2. The molecule has 0 bridgehead atoms. The van der Waals surface area contributed by atoms with E-state index in [1.54, 1.807) is 0 Å². The van der Waals surface area contributed by atoms with E-state index >= 15 is 0 Å². The molecule has 102 valence electrons. The normalized spacial score (nSPS) is 8.38. The van der Waals surface area contributed by atoms with Gasteiger partial charge < -0.3 is 1.43 Å². The summed E-state index contributed by atoms with van der Waals surface area (Å²) in [5.41, 5.74) is 6.13. The van der Waals surface area contributed by atoms with Gasteiger partial charge in [-0.15, -0.1) is 5.56 Å². The van der Waals surface area contributed by atoms with Gasteiger partial charge in [0.2, 0.25) is 0 Å². The summed E-state index contributed by atoms with van der Waals surface area (Å²) < 4.78 is 0. The first-order chi connectivity index (χ1) is 10.8. The molecule has 0 saturated carbocycles. The Morgan fingerprint density at radius 3 is 2.08 bits per heavy atom. The first kappa shape index (κ1) is 38.9. The van der Waals surface area contributed by atoms with Crippen molar-refractivity contribution in [3.05, 3.63) is 72.1 Å². The first-order valence-electron chi connectivity index (χ1n) is 7.46. The van der Waals surface area contributed by atoms with Gasteiger partial charge >= 0.3 is 300 Å². The van der Waals surface area contributed by atoms with Crippen molar-refractivity contribution in [2.45, 2.75) is 13.8 Å². The fourth-order valence-corrected chi connectivity index (χ4v) is 2.20. The summed E-state index contributed by atoms with van der Waals surface area (Å²) in [6.45, 7) is 4.01. The van der Waals surface area contributed by atoms with Crippen LogP contribution in [0.5, 0.6) is 0 Å². The molecule has 0 N–H and O–H groups in total. The van der Waals surface area contributed by atoms with E-state index < -0.39 is 0 Å². The Hall–Kier alpha value is 8.35. The predicted molar refractivity (Wildman–Crippen MR) is 91.5 cm³/mol. The van der Waals surface area contributed by atoms with E-state index in [2.05, 4.69) is 34.6 Å². The third-order valence-corrected chi connectivity index (χ3v) is 3.22. The zero-order chi connectivity index (χ0) is 15.9. The van der Waals surface area contributed by atoms with Crippen molar-refractivity contribution in [1.82, 2.24) is 10.2 Å². The van der Waals surface area contributed by atoms with Crippen molar-refractivity contribution in [3.63, 3.8) is 0 Å². The second-order valence-electron chi connectivity index (χ2n) is 4.72. The molecule has 3 aromatic rings. The third kappa shape index (κ3) is 13.6. The van der Waals surface area contributed by atoms with Gasteiger partial charge in [0.15, 0.2) is 0 Å². The van der Waals surface area contributed by atoms with Crippen LogP contribution in [-0.4, -0.2) is 77.9 Å². The Morgan fingerprint density at radius 1 is 0.923 bits per heavy atom. The molecule has 0 aliphatic carbocycles. The quantitative estimate of drug-likeness (QED) is 0.243. The van der Waals surface area contributed by atoms with Crippen LogP contribution in [0.25, 0.3) is 22.3 Å². The van der Waals surface area contributed by atoms with E-state index in [0.717, 1.165) is 95.7 Å². The van der Waals surface area contributed by atoms with Crippen LogP contribution in [0, 0.1) is 32.2 Å². The molecule has 0 atom stereocenters. The van der Waals surface area contributed by atoms with Crippen molar-refractivity contribution in [2.24, 2.45) is 0 Å². The van der Waals surface area contributed by atoms with Crippen LogP contribution in [0.4, 0.5) is 0 Å². The average Bonchev–Trinajstić information content (AvgIpc) is 2.58. The molecule has 1 aromatic heterocycles. The van der Waals surface area contributed by atoms with Gasteiger partial charge in [0.25, 0.3) is 0 Å². The summed E-state index contributed by atoms with van der Waals surface area (Å²) in [5, 5.41) is 8.10. The van der Waals surface area contributed by atoms with Crippen LogP contribution in [-0.2, 0) is 0 Å². The Labute approximate surface area is 403 Å². The molecule has 0 unspecified atom stereocenters. The Bertz CT molecular complexity index is 743. The van der Waals surface area contributed by atoms with Crippen LogP contribution < -0.4 is 233 Å². The average molecular weight is 771 g/mol. The molecular formula is C18H14N2Rb6. The van der Waals surface area contributed by atoms with Crippen LogP contribution in [0.1, 0.15) is 12.7 Å². The zero-order valence-electron chi connectivity index (χ0n) is 18.4. The van der Waals surface area contributed by atoms with Gasteiger partial charge in [0, 0.05) is 5.69 Å². The SMILES string of the molecule is Cc1c[c-]c(-c2[c-]nnc(C)c2-c2cc[c-]cc2)cc1.[H-].[Rb+].[Rb+].[Rb+].[Rb+].[Rb][Rb]. The van der Waals surface area contributed by atoms with Gasteiger partial charge in [0.1, 0.15) is 0 Å². The topological polar surface area (TPSA) is 25.8 Å². The molecule has 8 heteroatoms. The van der Waals surface area contributed by atoms with Crippen LogP contribution in [0.3, 0.4) is 0 Å². The van der Waals surface area contributed by atoms with Gasteiger partial charge in [-0.1, -0.05) is 13.1 Å². The maximum atomic E-state index is 4.13. The summed E-state index contributed by atoms with van der Waals surface area (Å²) in [4.78, 5) is 0. The summed E-state index contributed by atoms with van der Waals surface area (Å²) in [5.74, 6) is 0. The van der Waals surface area contributed by atoms with Gasteiger partial charge in [-0.05, 0) is 6.92 Å². The molecule has 26 heavy (non-hydrogen) atoms. The van der Waals surface area contributed by atoms with Crippen molar-refractivity contribution in [3.8, 4) is 22.3 Å². The molecule has 0 spiro atoms. The van der Waals surface area contributed by atoms with Gasteiger partial charge in [0.05, 0.1) is 0 Å². The van der Waals surface area contributed by atoms with Gasteiger partial charge in [-0.25, -0.2) is 16.7 Å². The fourth-order valence-electron chi connectivity index (χ4n) is 2.20. The number of aromatic nitrogens is 2. The first-order valence-corrected chi connectivity index (χ1v) is 41.5. The van der Waals surface area contributed by atoms with E-state index in [0.29, 0.717) is 0 Å². The second-order valence-corrected chi connectivity index (χ2v) is 4.72. The molecule has 2 aromatic carbocycles. The Kier molecular flexibility index (Phi) is 35.5. The monoisotopic (exact) mass is 768 g/mol. The molecule has 3 rings (SSSR count). The Morgan fingerprint density at radius 2 is 1.54 bits per heavy atom. The Balaban J connectivity index is -0.000000366. The van der Waals surface area contributed by atoms with Crippen LogP contribution >= 0.6 is 0 Å². The summed E-state index contributed by atoms with van der Waals surface area (Å²) >= 11 is 2.32. The van der Waals surface area contributed by atoms with Gasteiger partial charge in [-0.3, -0.25) is 5.56 Å². The number of aryl methyl sites for hydroxylation is 2. The molecule has 0 amide bonds. The van der Waals surface area contributed by atoms with E-state index in [-0.39, 0.29) is 234 Å². The summed E-state index contributed by atoms with van der Waals surface area (Å²) in [6.07, 6.45) is 3.01. The maximum absolute atomic E-state index is 4.13. The van der Waals surface area contributed by atoms with Gasteiger partial charge in [-0.2, -0.15) is 64.8 Å². The molecule has 0 fully saturated rings. The van der Waals surface area contributed by atoms with Crippen molar-refractivity contribution in [1.29, 1.82) is 0 Å². The molecule has 0 aliphatic heterocycles. The van der Waals surface area contributed by atoms with Crippen molar-refractivity contribution in [2.75, 3.05) is 0 Å². The fraction of sp³-hybridized carbons (Fsp3) is 0.111. The molecular weight excluding hydrogens is 757 g/mol. The second kappa shape index (κ2) is 23.7. The minimum absolute atomic E-state index is 0. The molecule has 0 radical (unpaired) electrons. The molecule has 1 heterocycles. The van der Waals surface area contributed by atoms with Crippen molar-refractivity contribution >= 4 is 67.7 Å². The number of nitrogens with zero attached hydrogens (tertiary/aromatic N) is 2. The van der Waals surface area contributed by atoms with E-state index in [1.807, 2.05) is 50.2 Å². The predicted octanol–water partition coefficient (Wildman–Crippen LogP) is -8.81. The molecule has 2 nitrogen and oxygen atoms in total. The van der Waals surface area contributed by atoms with Crippen molar-refractivity contribution < 1.29 is 234 Å². The number of rotatable bonds is 2. The number of hydrogen-bond donors (Lipinski definition) is 0. The zero-order valence-corrected chi connectivity index (χ0v) is 46.9. The van der Waals surface area contributed by atoms with E-state index in [1.165, 1.54) is 5.56 Å². The van der Waals surface area contributed by atoms with Crippen LogP contribution in [0.15, 0.2) is 42.5 Å². The third-order valence-electron chi connectivity index (χ3n) is 3.22. The standard InChI is InChI=1S/C18H13N2.6Rb.H/c1-13-8-10-15(11-9-13)17-12-19-20-14(2)18(17)16-6-4-3-5-7-16;;;;;;;/h4-10H,1-2H3;;;;;;;/q-3;;;4*+1;-1. The minimum atomic E-state index is 0.